The van der Waals surface area contributed by atoms with Gasteiger partial charge < -0.3 is 4.98 Å². The van der Waals surface area contributed by atoms with E-state index >= 15 is 0 Å². The Hall–Kier alpha value is -1.48. The predicted octanol–water partition coefficient (Wildman–Crippen LogP) is 2.67. The highest BCUT2D eigenvalue weighted by atomic mass is 35.5. The van der Waals surface area contributed by atoms with Crippen molar-refractivity contribution < 1.29 is 0 Å². The zero-order valence-electron chi connectivity index (χ0n) is 7.74. The highest BCUT2D eigenvalue weighted by Crippen LogP contribution is 2.28. The Bertz CT molecular complexity index is 409. The van der Waals surface area contributed by atoms with Crippen molar-refractivity contribution in [3.05, 3.63) is 36.8 Å². The van der Waals surface area contributed by atoms with Gasteiger partial charge in [0.05, 0.1) is 23.9 Å². The Balaban J connectivity index is 2.53. The molecule has 4 heteroatoms. The first-order valence-corrected chi connectivity index (χ1v) is 4.60. The van der Waals surface area contributed by atoms with Gasteiger partial charge in [-0.25, -0.2) is 4.98 Å². The average molecular weight is 208 g/mol. The van der Waals surface area contributed by atoms with E-state index in [9.17, 15) is 0 Å². The summed E-state index contributed by atoms with van der Waals surface area (Å²) in [5.74, 6) is 0. The van der Waals surface area contributed by atoms with Crippen molar-refractivity contribution in [2.75, 3.05) is 11.5 Å². The molecule has 0 fully saturated rings. The van der Waals surface area contributed by atoms with E-state index in [0.29, 0.717) is 0 Å². The number of halogens is 1. The monoisotopic (exact) mass is 207 g/mol. The van der Waals surface area contributed by atoms with Crippen LogP contribution in [0.4, 0.5) is 5.69 Å². The lowest BCUT2D eigenvalue weighted by atomic mass is 10.1. The second-order valence-corrected chi connectivity index (χ2v) is 3.47. The van der Waals surface area contributed by atoms with Crippen LogP contribution in [0.25, 0.3) is 11.3 Å². The van der Waals surface area contributed by atoms with Gasteiger partial charge in [-0.05, 0) is 6.07 Å². The van der Waals surface area contributed by atoms with E-state index in [1.165, 1.54) is 0 Å². The number of benzene rings is 1. The number of hydrogen-bond donors (Lipinski definition) is 1. The first-order chi connectivity index (χ1) is 6.79. The van der Waals surface area contributed by atoms with Crippen molar-refractivity contribution in [1.29, 1.82) is 0 Å². The molecule has 0 spiro atoms. The van der Waals surface area contributed by atoms with Crippen LogP contribution in [0, 0.1) is 0 Å². The molecular formula is C10H10ClN3. The quantitative estimate of drug-likeness (QED) is 0.768. The van der Waals surface area contributed by atoms with Crippen molar-refractivity contribution >= 4 is 17.5 Å². The molecule has 1 aromatic heterocycles. The third-order valence-corrected chi connectivity index (χ3v) is 2.21. The van der Waals surface area contributed by atoms with E-state index in [2.05, 4.69) is 9.97 Å². The summed E-state index contributed by atoms with van der Waals surface area (Å²) in [5.41, 5.74) is 2.97. The zero-order valence-corrected chi connectivity index (χ0v) is 8.49. The van der Waals surface area contributed by atoms with Gasteiger partial charge in [0.2, 0.25) is 0 Å². The minimum absolute atomic E-state index is 0.957. The normalized spacial score (nSPS) is 10.1. The molecule has 2 aromatic rings. The van der Waals surface area contributed by atoms with Crippen molar-refractivity contribution in [2.45, 2.75) is 0 Å². The Kier molecular flexibility index (Phi) is 2.41. The van der Waals surface area contributed by atoms with E-state index < -0.39 is 0 Å². The third kappa shape index (κ3) is 1.59. The largest absolute Gasteiger partial charge is 0.345 e. The molecule has 0 unspecified atom stereocenters. The minimum Gasteiger partial charge on any atom is -0.345 e. The van der Waals surface area contributed by atoms with Crippen LogP contribution in [0.15, 0.2) is 36.8 Å². The van der Waals surface area contributed by atoms with Gasteiger partial charge in [0.15, 0.2) is 0 Å². The number of aromatic nitrogens is 2. The number of rotatable bonds is 2. The van der Waals surface area contributed by atoms with Gasteiger partial charge in [0, 0.05) is 24.4 Å². The molecule has 0 radical (unpaired) electrons. The number of aromatic amines is 1. The molecule has 0 aliphatic rings. The number of nitrogens with one attached hydrogen (secondary N) is 1. The summed E-state index contributed by atoms with van der Waals surface area (Å²) in [6.45, 7) is 0. The van der Waals surface area contributed by atoms with Gasteiger partial charge in [0.1, 0.15) is 0 Å². The number of H-pyrrole nitrogens is 1. The Morgan fingerprint density at radius 3 is 2.79 bits per heavy atom. The molecule has 0 aliphatic heterocycles. The summed E-state index contributed by atoms with van der Waals surface area (Å²) in [6, 6.07) is 7.89. The maximum absolute atomic E-state index is 5.92. The highest BCUT2D eigenvalue weighted by molar-refractivity contribution is 6.26. The molecule has 1 N–H and O–H groups in total. The van der Waals surface area contributed by atoms with Crippen LogP contribution in [0.2, 0.25) is 0 Å². The topological polar surface area (TPSA) is 31.9 Å². The van der Waals surface area contributed by atoms with E-state index in [1.54, 1.807) is 24.0 Å². The third-order valence-electron chi connectivity index (χ3n) is 2.02. The Labute approximate surface area is 87.5 Å². The molecule has 3 nitrogen and oxygen atoms in total. The van der Waals surface area contributed by atoms with E-state index in [0.717, 1.165) is 16.9 Å². The summed E-state index contributed by atoms with van der Waals surface area (Å²) in [7, 11) is 1.80. The fraction of sp³-hybridized carbons (Fsp3) is 0.100. The van der Waals surface area contributed by atoms with Crippen LogP contribution in [0.5, 0.6) is 0 Å². The van der Waals surface area contributed by atoms with Gasteiger partial charge in [-0.15, -0.1) is 0 Å². The molecule has 1 aromatic carbocycles. The zero-order chi connectivity index (χ0) is 9.97. The van der Waals surface area contributed by atoms with Crippen LogP contribution < -0.4 is 4.42 Å². The number of hydrogen-bond acceptors (Lipinski definition) is 2. The van der Waals surface area contributed by atoms with Crippen molar-refractivity contribution in [1.82, 2.24) is 9.97 Å². The molecule has 2 rings (SSSR count). The summed E-state index contributed by atoms with van der Waals surface area (Å²) >= 11 is 5.92. The first kappa shape index (κ1) is 9.09. The molecule has 0 saturated heterocycles. The second-order valence-electron chi connectivity index (χ2n) is 2.96. The summed E-state index contributed by atoms with van der Waals surface area (Å²) in [5, 5.41) is 0. The van der Waals surface area contributed by atoms with Gasteiger partial charge >= 0.3 is 0 Å². The van der Waals surface area contributed by atoms with Crippen LogP contribution in [0.1, 0.15) is 0 Å². The summed E-state index contributed by atoms with van der Waals surface area (Å²) in [4.78, 5) is 7.03. The molecule has 0 atom stereocenters. The van der Waals surface area contributed by atoms with Gasteiger partial charge in [0.25, 0.3) is 0 Å². The maximum atomic E-state index is 5.92. The van der Waals surface area contributed by atoms with Crippen LogP contribution >= 0.6 is 11.8 Å². The lowest BCUT2D eigenvalue weighted by molar-refractivity contribution is 1.30. The van der Waals surface area contributed by atoms with Gasteiger partial charge in [-0.3, -0.25) is 4.42 Å². The molecule has 72 valence electrons. The second kappa shape index (κ2) is 3.72. The van der Waals surface area contributed by atoms with E-state index in [-0.39, 0.29) is 0 Å². The van der Waals surface area contributed by atoms with Crippen LogP contribution in [-0.2, 0) is 0 Å². The molecule has 14 heavy (non-hydrogen) atoms. The molecule has 1 heterocycles. The van der Waals surface area contributed by atoms with E-state index in [1.807, 2.05) is 24.3 Å². The molecule has 0 amide bonds. The predicted molar refractivity (Wildman–Crippen MR) is 58.3 cm³/mol. The molecular weight excluding hydrogens is 198 g/mol. The van der Waals surface area contributed by atoms with Crippen molar-refractivity contribution in [3.8, 4) is 11.3 Å². The Morgan fingerprint density at radius 2 is 2.14 bits per heavy atom. The van der Waals surface area contributed by atoms with Gasteiger partial charge in [-0.2, -0.15) is 0 Å². The molecule has 0 saturated carbocycles. The number of imidazole rings is 1. The SMILES string of the molecule is CN(Cl)c1ccccc1-c1cnc[nH]1. The molecule has 0 aliphatic carbocycles. The van der Waals surface area contributed by atoms with Crippen molar-refractivity contribution in [3.63, 3.8) is 0 Å². The maximum Gasteiger partial charge on any atom is 0.0924 e. The minimum atomic E-state index is 0.957. The average Bonchev–Trinajstić information content (AvgIpc) is 2.70. The lowest BCUT2D eigenvalue weighted by Crippen LogP contribution is -2.02. The van der Waals surface area contributed by atoms with Gasteiger partial charge in [-0.1, -0.05) is 18.2 Å². The number of nitrogens with zero attached hydrogens (tertiary/aromatic N) is 2. The van der Waals surface area contributed by atoms with Crippen LogP contribution in [0.3, 0.4) is 0 Å². The van der Waals surface area contributed by atoms with Crippen LogP contribution in [-0.4, -0.2) is 17.0 Å². The fourth-order valence-electron chi connectivity index (χ4n) is 1.37. The smallest absolute Gasteiger partial charge is 0.0924 e. The summed E-state index contributed by atoms with van der Waals surface area (Å²) < 4.78 is 1.57. The lowest BCUT2D eigenvalue weighted by Gasteiger charge is -2.13. The molecule has 0 bridgehead atoms. The van der Waals surface area contributed by atoms with Crippen molar-refractivity contribution in [2.24, 2.45) is 0 Å². The number of anilines is 1. The first-order valence-electron chi connectivity index (χ1n) is 4.26. The van der Waals surface area contributed by atoms with E-state index in [4.69, 9.17) is 11.8 Å². The highest BCUT2D eigenvalue weighted by Gasteiger charge is 2.07. The standard InChI is InChI=1S/C10H10ClN3/c1-14(11)10-5-3-2-4-8(10)9-6-12-7-13-9/h2-7H,1H3,(H,12,13). The fourth-order valence-corrected chi connectivity index (χ4v) is 1.52. The Morgan fingerprint density at radius 1 is 1.36 bits per heavy atom. The summed E-state index contributed by atoms with van der Waals surface area (Å²) in [6.07, 6.45) is 3.43. The number of para-hydroxylation sites is 1.